The fourth-order valence-corrected chi connectivity index (χ4v) is 1.89. The van der Waals surface area contributed by atoms with E-state index < -0.39 is 5.69 Å². The summed E-state index contributed by atoms with van der Waals surface area (Å²) in [6.07, 6.45) is 4.63. The molecule has 2 nitrogen and oxygen atoms in total. The van der Waals surface area contributed by atoms with Gasteiger partial charge in [-0.25, -0.2) is 0 Å². The van der Waals surface area contributed by atoms with Gasteiger partial charge in [0, 0.05) is 38.1 Å². The van der Waals surface area contributed by atoms with Crippen molar-refractivity contribution in [1.82, 2.24) is 0 Å². The van der Waals surface area contributed by atoms with Crippen molar-refractivity contribution in [1.29, 1.82) is 0 Å². The van der Waals surface area contributed by atoms with Gasteiger partial charge in [0.1, 0.15) is 0 Å². The van der Waals surface area contributed by atoms with Crippen LogP contribution in [0.4, 0.5) is 0 Å². The summed E-state index contributed by atoms with van der Waals surface area (Å²) >= 11 is 8.49. The molecule has 97 valence electrons. The van der Waals surface area contributed by atoms with Gasteiger partial charge in [-0.1, -0.05) is 45.4 Å². The Morgan fingerprint density at radius 2 is 2.00 bits per heavy atom. The number of rotatable bonds is 7. The number of unbranched alkanes of at least 4 members (excludes halogenated alkanes) is 1. The second kappa shape index (κ2) is 12.6. The monoisotopic (exact) mass is 403 g/mol. The summed E-state index contributed by atoms with van der Waals surface area (Å²) in [5.74, 6) is 0.515. The van der Waals surface area contributed by atoms with Gasteiger partial charge in [0.15, 0.2) is 0 Å². The Bertz CT molecular complexity index is 180. The van der Waals surface area contributed by atoms with Gasteiger partial charge in [-0.3, -0.25) is 0 Å². The first-order valence-electron chi connectivity index (χ1n) is 4.69. The van der Waals surface area contributed by atoms with Crippen molar-refractivity contribution in [3.8, 4) is 0 Å². The summed E-state index contributed by atoms with van der Waals surface area (Å²) in [4.78, 5) is 9.16. The van der Waals surface area contributed by atoms with Gasteiger partial charge in [-0.2, -0.15) is 0 Å². The van der Waals surface area contributed by atoms with Crippen LogP contribution >= 0.6 is 17.9 Å². The van der Waals surface area contributed by atoms with Crippen LogP contribution in [0.5, 0.6) is 0 Å². The van der Waals surface area contributed by atoms with E-state index in [0.717, 1.165) is 12.8 Å². The molecule has 0 fully saturated rings. The van der Waals surface area contributed by atoms with Crippen molar-refractivity contribution < 1.29 is 47.6 Å². The van der Waals surface area contributed by atoms with Crippen molar-refractivity contribution in [3.05, 3.63) is 0 Å². The van der Waals surface area contributed by atoms with E-state index in [-0.39, 0.29) is 38.1 Å². The quantitative estimate of drug-likeness (QED) is 0.389. The molecule has 0 aliphatic rings. The van der Waals surface area contributed by atoms with E-state index in [0.29, 0.717) is 12.5 Å². The third kappa shape index (κ3) is 16.1. The smallest absolute Gasteiger partial charge is 0.241 e. The predicted octanol–water partition coefficient (Wildman–Crippen LogP) is 3.36. The molecule has 0 rings (SSSR count). The number of hydrogen-bond donors (Lipinski definition) is 2. The summed E-state index contributed by atoms with van der Waals surface area (Å²) in [6.45, 7) is 4.85. The second-order valence-corrected chi connectivity index (χ2v) is 8.37. The van der Waals surface area contributed by atoms with Crippen LogP contribution in [-0.4, -0.2) is 11.5 Å². The molecule has 0 aliphatic heterocycles. The summed E-state index contributed by atoms with van der Waals surface area (Å²) < 4.78 is 5.13. The molecule has 0 amide bonds. The van der Waals surface area contributed by atoms with Gasteiger partial charge in [0.2, 0.25) is 5.69 Å². The maximum absolute atomic E-state index is 9.16. The average molecular weight is 402 g/mol. The zero-order valence-electron chi connectivity index (χ0n) is 8.98. The third-order valence-corrected chi connectivity index (χ3v) is 3.17. The van der Waals surface area contributed by atoms with Crippen LogP contribution in [-0.2, 0) is 54.5 Å². The van der Waals surface area contributed by atoms with Crippen LogP contribution in [0.15, 0.2) is 0 Å². The molecule has 0 spiro atoms. The Kier molecular flexibility index (Phi) is 18.7. The summed E-state index contributed by atoms with van der Waals surface area (Å²) in [5, 5.41) is 0. The van der Waals surface area contributed by atoms with E-state index in [1.807, 2.05) is 0 Å². The molecule has 7 heteroatoms. The molecule has 0 aromatic heterocycles. The van der Waals surface area contributed by atoms with Crippen LogP contribution in [0.3, 0.4) is 0 Å². The van der Waals surface area contributed by atoms with Gasteiger partial charge >= 0.3 is 0 Å². The molecular formula is C8H19CuMoO2PS2. The van der Waals surface area contributed by atoms with Crippen LogP contribution < -0.4 is 0 Å². The zero-order chi connectivity index (χ0) is 10.3. The molecule has 0 heterocycles. The first-order chi connectivity index (χ1) is 5.99. The maximum Gasteiger partial charge on any atom is 0.241 e. The zero-order valence-corrected chi connectivity index (χ0v) is 14.5. The predicted molar refractivity (Wildman–Crippen MR) is 64.7 cm³/mol. The first-order valence-corrected chi connectivity index (χ1v) is 8.52. The Morgan fingerprint density at radius 3 is 2.33 bits per heavy atom. The van der Waals surface area contributed by atoms with Crippen molar-refractivity contribution >= 4 is 29.7 Å². The molecule has 1 N–H and O–H groups in total. The first kappa shape index (κ1) is 22.3. The van der Waals surface area contributed by atoms with Gasteiger partial charge < -0.3 is 9.42 Å². The molecule has 0 saturated carbocycles. The minimum Gasteiger partial charge on any atom is -0.338 e. The van der Waals surface area contributed by atoms with E-state index in [1.54, 1.807) is 0 Å². The molecule has 0 saturated heterocycles. The Labute approximate surface area is 128 Å². The van der Waals surface area contributed by atoms with E-state index in [9.17, 15) is 0 Å². The van der Waals surface area contributed by atoms with Crippen LogP contribution in [0.2, 0.25) is 0 Å². The van der Waals surface area contributed by atoms with Gasteiger partial charge in [0.25, 0.3) is 0 Å². The van der Waals surface area contributed by atoms with Gasteiger partial charge in [-0.15, -0.1) is 0 Å². The molecule has 15 heavy (non-hydrogen) atoms. The van der Waals surface area contributed by atoms with Crippen molar-refractivity contribution in [3.63, 3.8) is 0 Å². The summed E-state index contributed by atoms with van der Waals surface area (Å²) in [6, 6.07) is 0. The van der Waals surface area contributed by atoms with Gasteiger partial charge in [-0.05, 0) is 24.1 Å². The molecule has 1 radical (unpaired) electrons. The number of thiol groups is 1. The maximum atomic E-state index is 9.16. The molecule has 2 unspecified atom stereocenters. The third-order valence-electron chi connectivity index (χ3n) is 2.02. The topological polar surface area (TPSA) is 29.5 Å². The Balaban J connectivity index is -0.000000720. The SMILES string of the molecule is CCCCC(CC)COP(O)(=S)S.[Cu].[Mo]. The minimum atomic E-state index is -2.74. The number of hydrogen-bond acceptors (Lipinski definition) is 2. The Morgan fingerprint density at radius 1 is 1.47 bits per heavy atom. The fourth-order valence-electron chi connectivity index (χ4n) is 1.10. The second-order valence-electron chi connectivity index (χ2n) is 3.20. The van der Waals surface area contributed by atoms with E-state index in [4.69, 9.17) is 9.42 Å². The Hall–Kier alpha value is 2.13. The van der Waals surface area contributed by atoms with Crippen molar-refractivity contribution in [2.75, 3.05) is 6.61 Å². The average Bonchev–Trinajstić information content (AvgIpc) is 2.03. The van der Waals surface area contributed by atoms with E-state index in [1.165, 1.54) is 12.8 Å². The molecule has 0 aliphatic carbocycles. The normalized spacial score (nSPS) is 15.7. The minimum absolute atomic E-state index is 0. The standard InChI is InChI=1S/C8H19O2PS2.Cu.Mo/c1-3-5-6-8(4-2)7-10-11(9,12)13;;/h8H,3-7H2,1-2H3,(H2,9,12,13);;. The van der Waals surface area contributed by atoms with Crippen LogP contribution in [0, 0.1) is 5.92 Å². The largest absolute Gasteiger partial charge is 0.338 e. The van der Waals surface area contributed by atoms with Gasteiger partial charge in [0.05, 0.1) is 6.61 Å². The molecule has 0 bridgehead atoms. The molecule has 0 aromatic rings. The van der Waals surface area contributed by atoms with Crippen LogP contribution in [0.25, 0.3) is 0 Å². The van der Waals surface area contributed by atoms with Crippen LogP contribution in [0.1, 0.15) is 39.5 Å². The van der Waals surface area contributed by atoms with Crippen molar-refractivity contribution in [2.45, 2.75) is 39.5 Å². The molecule has 2 atom stereocenters. The molecule has 0 aromatic carbocycles. The molecular weight excluding hydrogens is 383 g/mol. The van der Waals surface area contributed by atoms with E-state index in [2.05, 4.69) is 37.9 Å². The summed E-state index contributed by atoms with van der Waals surface area (Å²) in [7, 11) is 0. The van der Waals surface area contributed by atoms with E-state index >= 15 is 0 Å². The van der Waals surface area contributed by atoms with Crippen molar-refractivity contribution in [2.24, 2.45) is 5.92 Å². The summed E-state index contributed by atoms with van der Waals surface area (Å²) in [5.41, 5.74) is -2.74. The fraction of sp³-hybridized carbons (Fsp3) is 1.00.